The molecule has 1 atom stereocenters. The summed E-state index contributed by atoms with van der Waals surface area (Å²) in [4.78, 5) is 31.7. The average Bonchev–Trinajstić information content (AvgIpc) is 3.42. The molecule has 2 aromatic carbocycles. The van der Waals surface area contributed by atoms with Crippen molar-refractivity contribution < 1.29 is 19.7 Å². The fourth-order valence-corrected chi connectivity index (χ4v) is 5.41. The lowest BCUT2D eigenvalue weighted by Gasteiger charge is -2.25. The van der Waals surface area contributed by atoms with Crippen molar-refractivity contribution in [1.29, 1.82) is 0 Å². The van der Waals surface area contributed by atoms with Gasteiger partial charge in [0.25, 0.3) is 0 Å². The standard InChI is InChI=1S/C25H27N3O4S/c1-16-26-19(15-33-16)14-31-32-21-10-7-17(8-11-21)24-27-22-13-18(25(29)30)9-12-23(22)28(24)20-5-3-2-4-6-20/h7-13,16,20H,2-6,14-15H2,1H3,(H,29,30). The number of carbonyl (C=O) groups is 1. The highest BCUT2D eigenvalue weighted by atomic mass is 32.2. The van der Waals surface area contributed by atoms with Gasteiger partial charge in [-0.25, -0.2) is 9.78 Å². The van der Waals surface area contributed by atoms with E-state index in [1.54, 1.807) is 23.9 Å². The van der Waals surface area contributed by atoms with E-state index in [-0.39, 0.29) is 10.9 Å². The van der Waals surface area contributed by atoms with Gasteiger partial charge < -0.3 is 14.6 Å². The highest BCUT2D eigenvalue weighted by molar-refractivity contribution is 8.00. The van der Waals surface area contributed by atoms with E-state index in [1.807, 2.05) is 30.3 Å². The van der Waals surface area contributed by atoms with Crippen molar-refractivity contribution >= 4 is 34.5 Å². The molecule has 1 aliphatic heterocycles. The summed E-state index contributed by atoms with van der Waals surface area (Å²) in [5.41, 5.74) is 3.92. The van der Waals surface area contributed by atoms with Gasteiger partial charge in [0.1, 0.15) is 12.4 Å². The number of carboxylic acid groups (broad SMARTS) is 1. The summed E-state index contributed by atoms with van der Waals surface area (Å²) < 4.78 is 2.30. The number of imidazole rings is 1. The molecule has 2 aliphatic rings. The molecule has 0 saturated heterocycles. The van der Waals surface area contributed by atoms with Gasteiger partial charge in [-0.05, 0) is 62.2 Å². The summed E-state index contributed by atoms with van der Waals surface area (Å²) >= 11 is 1.79. The third-order valence-electron chi connectivity index (χ3n) is 6.23. The Bertz CT molecular complexity index is 1180. The van der Waals surface area contributed by atoms with Crippen LogP contribution in [0.2, 0.25) is 0 Å². The number of hydrogen-bond acceptors (Lipinski definition) is 6. The molecule has 1 aliphatic carbocycles. The summed E-state index contributed by atoms with van der Waals surface area (Å²) in [6.45, 7) is 2.43. The molecule has 3 aromatic rings. The molecule has 1 N–H and O–H groups in total. The highest BCUT2D eigenvalue weighted by Gasteiger charge is 2.23. The maximum absolute atomic E-state index is 11.5. The molecule has 2 heterocycles. The lowest BCUT2D eigenvalue weighted by Crippen LogP contribution is -2.14. The first-order valence-electron chi connectivity index (χ1n) is 11.4. The molecule has 5 rings (SSSR count). The van der Waals surface area contributed by atoms with E-state index in [0.29, 0.717) is 23.9 Å². The molecule has 0 bridgehead atoms. The Morgan fingerprint density at radius 1 is 1.15 bits per heavy atom. The Morgan fingerprint density at radius 2 is 1.94 bits per heavy atom. The predicted octanol–water partition coefficient (Wildman–Crippen LogP) is 5.75. The number of rotatable bonds is 7. The van der Waals surface area contributed by atoms with Crippen LogP contribution in [0.1, 0.15) is 55.4 Å². The van der Waals surface area contributed by atoms with Crippen LogP contribution in [0.5, 0.6) is 5.75 Å². The Labute approximate surface area is 196 Å². The number of nitrogens with zero attached hydrogens (tertiary/aromatic N) is 3. The van der Waals surface area contributed by atoms with Crippen LogP contribution in [0.25, 0.3) is 22.4 Å². The summed E-state index contributed by atoms with van der Waals surface area (Å²) in [6, 6.07) is 13.3. The van der Waals surface area contributed by atoms with Gasteiger partial charge in [-0.15, -0.1) is 11.8 Å². The SMILES string of the molecule is CC1N=C(COOc2ccc(-c3nc4cc(C(=O)O)ccc4n3C3CCCCC3)cc2)CS1. The topological polar surface area (TPSA) is 85.9 Å². The van der Waals surface area contributed by atoms with Gasteiger partial charge in [0.15, 0.2) is 5.75 Å². The zero-order valence-electron chi connectivity index (χ0n) is 18.6. The normalized spacial score (nSPS) is 19.1. The van der Waals surface area contributed by atoms with Gasteiger partial charge in [-0.1, -0.05) is 19.3 Å². The Kier molecular flexibility index (Phi) is 6.37. The molecule has 8 heteroatoms. The maximum atomic E-state index is 11.5. The maximum Gasteiger partial charge on any atom is 0.335 e. The monoisotopic (exact) mass is 465 g/mol. The summed E-state index contributed by atoms with van der Waals surface area (Å²) in [5.74, 6) is 1.42. The van der Waals surface area contributed by atoms with E-state index < -0.39 is 5.97 Å². The molecule has 1 aromatic heterocycles. The van der Waals surface area contributed by atoms with Gasteiger partial charge in [-0.3, -0.25) is 4.99 Å². The summed E-state index contributed by atoms with van der Waals surface area (Å²) in [7, 11) is 0. The first-order chi connectivity index (χ1) is 16.1. The second-order valence-corrected chi connectivity index (χ2v) is 9.89. The first-order valence-corrected chi connectivity index (χ1v) is 12.5. The van der Waals surface area contributed by atoms with E-state index in [0.717, 1.165) is 41.2 Å². The minimum absolute atomic E-state index is 0.253. The van der Waals surface area contributed by atoms with E-state index in [2.05, 4.69) is 16.5 Å². The van der Waals surface area contributed by atoms with Gasteiger partial charge in [0.2, 0.25) is 0 Å². The zero-order valence-corrected chi connectivity index (χ0v) is 19.4. The lowest BCUT2D eigenvalue weighted by atomic mass is 9.95. The number of aliphatic imine (C=N–C) groups is 1. The van der Waals surface area contributed by atoms with Crippen LogP contribution in [-0.2, 0) is 4.89 Å². The molecule has 0 radical (unpaired) electrons. The number of fused-ring (bicyclic) bond motifs is 1. The predicted molar refractivity (Wildman–Crippen MR) is 130 cm³/mol. The minimum Gasteiger partial charge on any atom is -0.478 e. The first kappa shape index (κ1) is 22.0. The Hall–Kier alpha value is -2.84. The average molecular weight is 466 g/mol. The second-order valence-electron chi connectivity index (χ2n) is 8.58. The number of aromatic nitrogens is 2. The fourth-order valence-electron chi connectivity index (χ4n) is 4.60. The highest BCUT2D eigenvalue weighted by Crippen LogP contribution is 2.36. The van der Waals surface area contributed by atoms with E-state index in [9.17, 15) is 9.90 Å². The lowest BCUT2D eigenvalue weighted by molar-refractivity contribution is -0.191. The zero-order chi connectivity index (χ0) is 22.8. The molecular formula is C25H27N3O4S. The summed E-state index contributed by atoms with van der Waals surface area (Å²) in [5, 5.41) is 9.69. The van der Waals surface area contributed by atoms with Crippen LogP contribution in [-0.4, -0.2) is 44.1 Å². The van der Waals surface area contributed by atoms with E-state index >= 15 is 0 Å². The summed E-state index contributed by atoms with van der Waals surface area (Å²) in [6.07, 6.45) is 5.87. The molecule has 1 saturated carbocycles. The van der Waals surface area contributed by atoms with Crippen LogP contribution in [0.15, 0.2) is 47.5 Å². The van der Waals surface area contributed by atoms with Crippen molar-refractivity contribution in [3.63, 3.8) is 0 Å². The van der Waals surface area contributed by atoms with Crippen LogP contribution in [0.3, 0.4) is 0 Å². The third-order valence-corrected chi connectivity index (χ3v) is 7.31. The molecule has 1 unspecified atom stereocenters. The van der Waals surface area contributed by atoms with E-state index in [4.69, 9.17) is 14.8 Å². The molecule has 0 spiro atoms. The van der Waals surface area contributed by atoms with Crippen LogP contribution < -0.4 is 4.89 Å². The third kappa shape index (κ3) is 4.77. The smallest absolute Gasteiger partial charge is 0.335 e. The number of carboxylic acids is 1. The largest absolute Gasteiger partial charge is 0.478 e. The van der Waals surface area contributed by atoms with Crippen molar-refractivity contribution in [3.05, 3.63) is 48.0 Å². The van der Waals surface area contributed by atoms with Crippen molar-refractivity contribution in [1.82, 2.24) is 9.55 Å². The molecule has 172 valence electrons. The van der Waals surface area contributed by atoms with Gasteiger partial charge in [-0.2, -0.15) is 4.89 Å². The molecule has 0 amide bonds. The molecule has 1 fully saturated rings. The van der Waals surface area contributed by atoms with Crippen LogP contribution in [0, 0.1) is 0 Å². The quantitative estimate of drug-likeness (QED) is 0.353. The van der Waals surface area contributed by atoms with Gasteiger partial charge in [0.05, 0.1) is 27.7 Å². The van der Waals surface area contributed by atoms with Gasteiger partial charge in [0, 0.05) is 17.4 Å². The Balaban J connectivity index is 1.40. The number of thioether (sulfide) groups is 1. The number of benzene rings is 2. The number of aromatic carboxylic acids is 1. The van der Waals surface area contributed by atoms with Crippen molar-refractivity contribution in [2.45, 2.75) is 50.4 Å². The van der Waals surface area contributed by atoms with Crippen molar-refractivity contribution in [3.8, 4) is 17.1 Å². The van der Waals surface area contributed by atoms with Gasteiger partial charge >= 0.3 is 5.97 Å². The fraction of sp³-hybridized carbons (Fsp3) is 0.400. The van der Waals surface area contributed by atoms with E-state index in [1.165, 1.54) is 19.3 Å². The van der Waals surface area contributed by atoms with Crippen molar-refractivity contribution in [2.75, 3.05) is 12.4 Å². The van der Waals surface area contributed by atoms with Crippen LogP contribution >= 0.6 is 11.8 Å². The minimum atomic E-state index is -0.941. The molecular weight excluding hydrogens is 438 g/mol. The van der Waals surface area contributed by atoms with Crippen LogP contribution in [0.4, 0.5) is 0 Å². The molecule has 33 heavy (non-hydrogen) atoms. The Morgan fingerprint density at radius 3 is 2.64 bits per heavy atom. The second kappa shape index (κ2) is 9.57. The number of hydrogen-bond donors (Lipinski definition) is 1. The molecule has 7 nitrogen and oxygen atoms in total. The van der Waals surface area contributed by atoms with Crippen molar-refractivity contribution in [2.24, 2.45) is 4.99 Å².